The number of aliphatic hydroxyl groups excluding tert-OH is 1. The molecule has 0 aliphatic rings. The van der Waals surface area contributed by atoms with Crippen molar-refractivity contribution in [1.82, 2.24) is 0 Å². The van der Waals surface area contributed by atoms with Gasteiger partial charge in [0.25, 0.3) is 15.8 Å². The first kappa shape index (κ1) is 37.0. The Kier molecular flexibility index (Phi) is 11.1. The van der Waals surface area contributed by atoms with Crippen LogP contribution in [-0.4, -0.2) is 35.2 Å². The van der Waals surface area contributed by atoms with Crippen molar-refractivity contribution in [2.45, 2.75) is 18.0 Å². The summed E-state index contributed by atoms with van der Waals surface area (Å²) in [7, 11) is -3.26. The maximum Gasteiger partial charge on any atom is 0.295 e. The van der Waals surface area contributed by atoms with Crippen LogP contribution in [0.4, 0.5) is 34.1 Å². The number of azo groups is 2. The lowest BCUT2D eigenvalue weighted by molar-refractivity contribution is -0.385. The number of hydrogen-bond donors (Lipinski definition) is 4. The van der Waals surface area contributed by atoms with Gasteiger partial charge in [-0.05, 0) is 70.6 Å². The zero-order chi connectivity index (χ0) is 38.2. The topological polar surface area (TPSA) is 209 Å². The molecule has 0 aliphatic heterocycles. The Balaban J connectivity index is 1.16. The van der Waals surface area contributed by atoms with Crippen LogP contribution in [0.15, 0.2) is 141 Å². The summed E-state index contributed by atoms with van der Waals surface area (Å²) in [4.78, 5) is 9.71. The average Bonchev–Trinajstić information content (AvgIpc) is 3.18. The first-order valence-corrected chi connectivity index (χ1v) is 17.7. The van der Waals surface area contributed by atoms with Crippen molar-refractivity contribution in [3.63, 3.8) is 0 Å². The molecule has 14 nitrogen and oxygen atoms in total. The van der Waals surface area contributed by atoms with Crippen LogP contribution in [-0.2, 0) is 23.3 Å². The lowest BCUT2D eigenvalue weighted by Gasteiger charge is -2.10. The van der Waals surface area contributed by atoms with Gasteiger partial charge >= 0.3 is 0 Å². The normalized spacial score (nSPS) is 11.9. The summed E-state index contributed by atoms with van der Waals surface area (Å²) < 4.78 is 38.7. The minimum Gasteiger partial charge on any atom is -0.505 e. The van der Waals surface area contributed by atoms with Crippen molar-refractivity contribution >= 4 is 67.2 Å². The average molecular weight is 745 g/mol. The fraction of sp³-hybridized carbons (Fsp3) is 0.0769. The number of rotatable bonds is 13. The van der Waals surface area contributed by atoms with E-state index in [1.54, 1.807) is 48.5 Å². The lowest BCUT2D eigenvalue weighted by atomic mass is 10.1. The number of fused-ring (bicyclic) bond motifs is 1. The number of hydrogen-bond acceptors (Lipinski definition) is 12. The van der Waals surface area contributed by atoms with Crippen LogP contribution in [0.1, 0.15) is 22.3 Å². The number of phenols is 1. The Morgan fingerprint density at radius 3 is 2.26 bits per heavy atom. The quantitative estimate of drug-likeness (QED) is 0.0291. The van der Waals surface area contributed by atoms with Gasteiger partial charge in [-0.3, -0.25) is 14.7 Å². The molecule has 272 valence electrons. The van der Waals surface area contributed by atoms with E-state index in [2.05, 4.69) is 25.8 Å². The number of non-ortho nitro benzene ring substituents is 1. The first-order chi connectivity index (χ1) is 26.0. The molecule has 0 saturated heterocycles. The zero-order valence-electron chi connectivity index (χ0n) is 28.6. The summed E-state index contributed by atoms with van der Waals surface area (Å²) in [5.74, 6) is 0.267. The summed E-state index contributed by atoms with van der Waals surface area (Å²) in [6.45, 7) is 0.273. The Labute approximate surface area is 309 Å². The molecular weight excluding hydrogens is 713 g/mol. The van der Waals surface area contributed by atoms with Gasteiger partial charge < -0.3 is 20.3 Å². The minimum atomic E-state index is -4.72. The Hall–Kier alpha value is -6.81. The molecule has 0 radical (unpaired) electrons. The number of nitrogens with zero attached hydrogens (tertiary/aromatic N) is 5. The van der Waals surface area contributed by atoms with Crippen LogP contribution >= 0.6 is 0 Å². The number of aliphatic hydroxyl groups is 1. The van der Waals surface area contributed by atoms with Crippen LogP contribution in [0, 0.1) is 10.1 Å². The third-order valence-electron chi connectivity index (χ3n) is 8.23. The van der Waals surface area contributed by atoms with Crippen molar-refractivity contribution in [1.29, 1.82) is 0 Å². The Morgan fingerprint density at radius 2 is 1.56 bits per heavy atom. The van der Waals surface area contributed by atoms with E-state index < -0.39 is 25.6 Å². The second-order valence-corrected chi connectivity index (χ2v) is 13.2. The van der Waals surface area contributed by atoms with E-state index in [1.165, 1.54) is 19.3 Å². The van der Waals surface area contributed by atoms with Gasteiger partial charge in [0.05, 0.1) is 30.0 Å². The molecule has 0 spiro atoms. The lowest BCUT2D eigenvalue weighted by Crippen LogP contribution is -2.02. The molecule has 6 aromatic carbocycles. The molecule has 0 bridgehead atoms. The number of methoxy groups -OCH3 is 1. The summed E-state index contributed by atoms with van der Waals surface area (Å²) in [5.41, 5.74) is 3.99. The van der Waals surface area contributed by atoms with Crippen LogP contribution in [0.25, 0.3) is 22.9 Å². The van der Waals surface area contributed by atoms with Crippen LogP contribution < -0.4 is 10.1 Å². The van der Waals surface area contributed by atoms with Gasteiger partial charge in [-0.15, -0.1) is 10.2 Å². The minimum absolute atomic E-state index is 0.0339. The molecule has 0 aliphatic carbocycles. The number of anilines is 1. The van der Waals surface area contributed by atoms with Gasteiger partial charge in [0.15, 0.2) is 5.75 Å². The van der Waals surface area contributed by atoms with Crippen molar-refractivity contribution in [3.05, 3.63) is 148 Å². The van der Waals surface area contributed by atoms with Crippen LogP contribution in [0.2, 0.25) is 0 Å². The standard InChI is InChI=1S/C39H32N6O8S/c1-53-37-22-35(43-41-30-13-8-25(9-14-30)7-10-27-11-16-32(45(48)49)21-38(27)54(50,51)52)29(24-46)20-36(37)44-42-34-18-12-28-19-31(15-17-33(28)39(34)47)40-23-26-5-3-2-4-6-26/h2-22,40,46-47H,23-24H2,1H3,(H,50,51,52). The molecule has 0 saturated carbocycles. The highest BCUT2D eigenvalue weighted by Gasteiger charge is 2.19. The predicted octanol–water partition coefficient (Wildman–Crippen LogP) is 9.81. The smallest absolute Gasteiger partial charge is 0.295 e. The number of nitro benzene ring substituents is 1. The molecule has 6 rings (SSSR count). The molecule has 0 unspecified atom stereocenters. The molecule has 15 heteroatoms. The van der Waals surface area contributed by atoms with Gasteiger partial charge in [-0.1, -0.05) is 60.7 Å². The molecule has 0 amide bonds. The summed E-state index contributed by atoms with van der Waals surface area (Å²) in [6, 6.07) is 32.1. The molecular formula is C39H32N6O8S. The maximum absolute atomic E-state index is 11.8. The summed E-state index contributed by atoms with van der Waals surface area (Å²) in [6.07, 6.45) is 2.97. The maximum atomic E-state index is 11.8. The predicted molar refractivity (Wildman–Crippen MR) is 205 cm³/mol. The second-order valence-electron chi connectivity index (χ2n) is 11.8. The second kappa shape index (κ2) is 16.2. The number of phenolic OH excluding ortho intramolecular Hbond substituents is 1. The molecule has 0 heterocycles. The summed E-state index contributed by atoms with van der Waals surface area (Å²) in [5, 5.41) is 54.1. The molecule has 0 aromatic heterocycles. The first-order valence-electron chi connectivity index (χ1n) is 16.3. The third-order valence-corrected chi connectivity index (χ3v) is 9.14. The van der Waals surface area contributed by atoms with Crippen molar-refractivity contribution in [2.24, 2.45) is 20.5 Å². The fourth-order valence-corrected chi connectivity index (χ4v) is 6.11. The van der Waals surface area contributed by atoms with E-state index in [4.69, 9.17) is 4.74 Å². The van der Waals surface area contributed by atoms with Gasteiger partial charge in [0.2, 0.25) is 0 Å². The number of nitrogens with one attached hydrogen (secondary N) is 1. The van der Waals surface area contributed by atoms with Gasteiger partial charge in [-0.25, -0.2) is 0 Å². The Bertz CT molecular complexity index is 2540. The molecule has 0 atom stereocenters. The number of aromatic hydroxyl groups is 1. The molecule has 4 N–H and O–H groups in total. The van der Waals surface area contributed by atoms with Gasteiger partial charge in [-0.2, -0.15) is 18.6 Å². The van der Waals surface area contributed by atoms with E-state index in [-0.39, 0.29) is 23.6 Å². The van der Waals surface area contributed by atoms with Crippen molar-refractivity contribution < 1.29 is 32.8 Å². The van der Waals surface area contributed by atoms with Crippen molar-refractivity contribution in [2.75, 3.05) is 12.4 Å². The van der Waals surface area contributed by atoms with Crippen LogP contribution in [0.3, 0.4) is 0 Å². The summed E-state index contributed by atoms with van der Waals surface area (Å²) >= 11 is 0. The van der Waals surface area contributed by atoms with Crippen molar-refractivity contribution in [3.8, 4) is 11.5 Å². The van der Waals surface area contributed by atoms with E-state index in [0.29, 0.717) is 45.9 Å². The molecule has 54 heavy (non-hydrogen) atoms. The molecule has 0 fully saturated rings. The fourth-order valence-electron chi connectivity index (χ4n) is 5.41. The van der Waals surface area contributed by atoms with Gasteiger partial charge in [0, 0.05) is 41.4 Å². The zero-order valence-corrected chi connectivity index (χ0v) is 29.4. The Morgan fingerprint density at radius 1 is 0.815 bits per heavy atom. The van der Waals surface area contributed by atoms with E-state index >= 15 is 0 Å². The van der Waals surface area contributed by atoms with Gasteiger partial charge in [0.1, 0.15) is 22.0 Å². The van der Waals surface area contributed by atoms with E-state index in [1.807, 2.05) is 54.6 Å². The monoisotopic (exact) mass is 744 g/mol. The largest absolute Gasteiger partial charge is 0.505 e. The molecule has 6 aromatic rings. The van der Waals surface area contributed by atoms with E-state index in [9.17, 15) is 33.3 Å². The number of benzene rings is 6. The number of ether oxygens (including phenoxy) is 1. The number of nitro groups is 1. The highest BCUT2D eigenvalue weighted by atomic mass is 32.2. The highest BCUT2D eigenvalue weighted by molar-refractivity contribution is 7.86. The van der Waals surface area contributed by atoms with Crippen LogP contribution in [0.5, 0.6) is 11.5 Å². The SMILES string of the molecule is COc1cc(N=Nc2ccc(C=Cc3ccc([N+](=O)[O-])cc3S(=O)(=O)O)cc2)c(CO)cc1N=Nc1ccc2cc(NCc3ccccc3)ccc2c1O. The highest BCUT2D eigenvalue weighted by Crippen LogP contribution is 2.40. The third kappa shape index (κ3) is 8.79. The van der Waals surface area contributed by atoms with E-state index in [0.717, 1.165) is 28.8 Å².